The molecule has 1 aliphatic heterocycles. The van der Waals surface area contributed by atoms with E-state index in [0.29, 0.717) is 6.54 Å². The van der Waals surface area contributed by atoms with Gasteiger partial charge in [-0.25, -0.2) is 0 Å². The van der Waals surface area contributed by atoms with E-state index in [0.717, 1.165) is 12.2 Å². The molecule has 2 N–H and O–H groups in total. The Morgan fingerprint density at radius 3 is 2.58 bits per heavy atom. The number of hydrogen-bond acceptors (Lipinski definition) is 2. The summed E-state index contributed by atoms with van der Waals surface area (Å²) in [6.07, 6.45) is 3.20. The summed E-state index contributed by atoms with van der Waals surface area (Å²) in [7, 11) is 0. The van der Waals surface area contributed by atoms with E-state index in [1.54, 1.807) is 0 Å². The third-order valence-corrected chi connectivity index (χ3v) is 4.51. The highest BCUT2D eigenvalue weighted by Gasteiger charge is 2.17. The second kappa shape index (κ2) is 5.64. The molecule has 1 nitrogen and oxygen atoms in total. The van der Waals surface area contributed by atoms with Gasteiger partial charge in [-0.3, -0.25) is 0 Å². The van der Waals surface area contributed by atoms with Crippen LogP contribution >= 0.6 is 11.8 Å². The Bertz CT molecular complexity index is 567. The average molecular weight is 267 g/mol. The van der Waals surface area contributed by atoms with Crippen LogP contribution in [-0.4, -0.2) is 6.54 Å². The molecule has 0 unspecified atom stereocenters. The fourth-order valence-corrected chi connectivity index (χ4v) is 3.54. The Hall–Kier alpha value is -1.51. The molecule has 1 heterocycles. The zero-order valence-electron chi connectivity index (χ0n) is 10.8. The van der Waals surface area contributed by atoms with Gasteiger partial charge in [-0.15, -0.1) is 11.8 Å². The van der Waals surface area contributed by atoms with Gasteiger partial charge in [0.05, 0.1) is 0 Å². The molecule has 2 heteroatoms. The monoisotopic (exact) mass is 267 g/mol. The molecule has 0 saturated carbocycles. The molecular formula is C17H17NS. The van der Waals surface area contributed by atoms with Gasteiger partial charge in [0.25, 0.3) is 0 Å². The number of nitrogens with two attached hydrogens (primary N) is 1. The van der Waals surface area contributed by atoms with Crippen molar-refractivity contribution in [2.24, 2.45) is 5.73 Å². The molecule has 0 amide bonds. The quantitative estimate of drug-likeness (QED) is 0.887. The topological polar surface area (TPSA) is 26.0 Å². The number of rotatable bonds is 2. The molecular weight excluding hydrogens is 250 g/mol. The molecule has 0 atom stereocenters. The maximum absolute atomic E-state index is 5.67. The van der Waals surface area contributed by atoms with Crippen molar-refractivity contribution < 1.29 is 0 Å². The summed E-state index contributed by atoms with van der Waals surface area (Å²) in [6.45, 7) is 0.695. The van der Waals surface area contributed by atoms with Crippen LogP contribution in [0, 0.1) is 0 Å². The second-order valence-electron chi connectivity index (χ2n) is 4.64. The Balaban J connectivity index is 2.19. The Labute approximate surface area is 118 Å². The Kier molecular flexibility index (Phi) is 3.72. The SMILES string of the molecule is NCC/C=C1/c2ccccc2CSc2ccccc21. The van der Waals surface area contributed by atoms with Crippen molar-refractivity contribution in [3.63, 3.8) is 0 Å². The molecule has 0 spiro atoms. The van der Waals surface area contributed by atoms with Crippen LogP contribution in [0.5, 0.6) is 0 Å². The first-order valence-corrected chi connectivity index (χ1v) is 7.59. The van der Waals surface area contributed by atoms with Gasteiger partial charge in [0.1, 0.15) is 0 Å². The zero-order valence-corrected chi connectivity index (χ0v) is 11.6. The number of benzene rings is 2. The molecule has 0 radical (unpaired) electrons. The third-order valence-electron chi connectivity index (χ3n) is 3.38. The highest BCUT2D eigenvalue weighted by atomic mass is 32.2. The lowest BCUT2D eigenvalue weighted by Gasteiger charge is -2.11. The lowest BCUT2D eigenvalue weighted by atomic mass is 9.93. The highest BCUT2D eigenvalue weighted by molar-refractivity contribution is 7.98. The summed E-state index contributed by atoms with van der Waals surface area (Å²) in [6, 6.07) is 17.3. The fourth-order valence-electron chi connectivity index (χ4n) is 2.47. The van der Waals surface area contributed by atoms with Gasteiger partial charge >= 0.3 is 0 Å². The predicted molar refractivity (Wildman–Crippen MR) is 83.2 cm³/mol. The first-order valence-electron chi connectivity index (χ1n) is 6.61. The molecule has 2 aromatic carbocycles. The van der Waals surface area contributed by atoms with E-state index < -0.39 is 0 Å². The summed E-state index contributed by atoms with van der Waals surface area (Å²) in [5, 5.41) is 0. The van der Waals surface area contributed by atoms with Gasteiger partial charge in [0.2, 0.25) is 0 Å². The second-order valence-corrected chi connectivity index (χ2v) is 5.65. The summed E-state index contributed by atoms with van der Waals surface area (Å²) >= 11 is 1.92. The van der Waals surface area contributed by atoms with Crippen molar-refractivity contribution >= 4 is 17.3 Å². The molecule has 0 fully saturated rings. The number of thioether (sulfide) groups is 1. The largest absolute Gasteiger partial charge is 0.330 e. The zero-order chi connectivity index (χ0) is 13.1. The molecule has 19 heavy (non-hydrogen) atoms. The molecule has 0 aromatic heterocycles. The van der Waals surface area contributed by atoms with Crippen molar-refractivity contribution in [2.75, 3.05) is 6.54 Å². The average Bonchev–Trinajstić information content (AvgIpc) is 2.62. The van der Waals surface area contributed by atoms with Crippen molar-refractivity contribution in [2.45, 2.75) is 17.1 Å². The van der Waals surface area contributed by atoms with Crippen molar-refractivity contribution in [1.82, 2.24) is 0 Å². The van der Waals surface area contributed by atoms with E-state index in [2.05, 4.69) is 54.6 Å². The van der Waals surface area contributed by atoms with E-state index >= 15 is 0 Å². The van der Waals surface area contributed by atoms with Crippen LogP contribution < -0.4 is 5.73 Å². The highest BCUT2D eigenvalue weighted by Crippen LogP contribution is 2.39. The van der Waals surface area contributed by atoms with Crippen molar-refractivity contribution in [3.05, 3.63) is 71.3 Å². The molecule has 3 rings (SSSR count). The van der Waals surface area contributed by atoms with Gasteiger partial charge in [-0.1, -0.05) is 48.5 Å². The van der Waals surface area contributed by atoms with Crippen LogP contribution in [0.2, 0.25) is 0 Å². The van der Waals surface area contributed by atoms with Gasteiger partial charge in [0, 0.05) is 10.6 Å². The van der Waals surface area contributed by atoms with Gasteiger partial charge < -0.3 is 5.73 Å². The van der Waals surface area contributed by atoms with E-state index in [9.17, 15) is 0 Å². The van der Waals surface area contributed by atoms with Gasteiger partial charge in [-0.2, -0.15) is 0 Å². The molecule has 0 bridgehead atoms. The van der Waals surface area contributed by atoms with E-state index in [-0.39, 0.29) is 0 Å². The van der Waals surface area contributed by atoms with E-state index in [1.807, 2.05) is 11.8 Å². The van der Waals surface area contributed by atoms with Crippen LogP contribution in [0.25, 0.3) is 5.57 Å². The molecule has 2 aromatic rings. The van der Waals surface area contributed by atoms with E-state index in [4.69, 9.17) is 5.73 Å². The van der Waals surface area contributed by atoms with Gasteiger partial charge in [0.15, 0.2) is 0 Å². The fraction of sp³-hybridized carbons (Fsp3) is 0.176. The van der Waals surface area contributed by atoms with Crippen molar-refractivity contribution in [3.8, 4) is 0 Å². The summed E-state index contributed by atoms with van der Waals surface area (Å²) in [4.78, 5) is 1.36. The van der Waals surface area contributed by atoms with Crippen LogP contribution in [0.4, 0.5) is 0 Å². The van der Waals surface area contributed by atoms with Crippen LogP contribution in [-0.2, 0) is 5.75 Å². The smallest absolute Gasteiger partial charge is 0.0238 e. The van der Waals surface area contributed by atoms with Crippen molar-refractivity contribution in [1.29, 1.82) is 0 Å². The third kappa shape index (κ3) is 2.46. The standard InChI is InChI=1S/C17H17NS/c18-11-5-9-15-14-7-2-1-6-13(14)12-19-17-10-4-3-8-16(15)17/h1-4,6-10H,5,11-12,18H2/b15-9-. The lowest BCUT2D eigenvalue weighted by molar-refractivity contribution is 1.01. The maximum atomic E-state index is 5.67. The molecule has 0 saturated heterocycles. The molecule has 0 aliphatic carbocycles. The number of hydrogen-bond donors (Lipinski definition) is 1. The first kappa shape index (κ1) is 12.5. The van der Waals surface area contributed by atoms with Crippen LogP contribution in [0.15, 0.2) is 59.5 Å². The molecule has 96 valence electrons. The Morgan fingerprint density at radius 2 is 1.74 bits per heavy atom. The maximum Gasteiger partial charge on any atom is 0.0238 e. The minimum Gasteiger partial charge on any atom is -0.330 e. The van der Waals surface area contributed by atoms with Crippen LogP contribution in [0.1, 0.15) is 23.1 Å². The summed E-state index contributed by atoms with van der Waals surface area (Å²) in [5.74, 6) is 1.03. The van der Waals surface area contributed by atoms with Crippen LogP contribution in [0.3, 0.4) is 0 Å². The first-order chi connectivity index (χ1) is 9.40. The predicted octanol–water partition coefficient (Wildman–Crippen LogP) is 4.07. The summed E-state index contributed by atoms with van der Waals surface area (Å²) < 4.78 is 0. The lowest BCUT2D eigenvalue weighted by Crippen LogP contribution is -1.98. The molecule has 1 aliphatic rings. The minimum atomic E-state index is 0.695. The summed E-state index contributed by atoms with van der Waals surface area (Å²) in [5.41, 5.74) is 11.1. The Morgan fingerprint density at radius 1 is 1.00 bits per heavy atom. The van der Waals surface area contributed by atoms with Gasteiger partial charge in [-0.05, 0) is 41.3 Å². The number of fused-ring (bicyclic) bond motifs is 2. The minimum absolute atomic E-state index is 0.695. The normalized spacial score (nSPS) is 15.7. The van der Waals surface area contributed by atoms with E-state index in [1.165, 1.54) is 27.2 Å².